The SMILES string of the molecule is COc1ccc(C2CC(c3ccc4ccccc4c3)=NN2c2nc(O)c(C3=c4cc(C)cc(C)c4=NC3=O)s2)cc1. The van der Waals surface area contributed by atoms with Crippen LogP contribution >= 0.6 is 11.3 Å². The van der Waals surface area contributed by atoms with Gasteiger partial charge in [-0.3, -0.25) is 4.79 Å². The van der Waals surface area contributed by atoms with E-state index in [2.05, 4.69) is 40.3 Å². The van der Waals surface area contributed by atoms with Crippen LogP contribution in [0.1, 0.15) is 39.6 Å². The number of amides is 1. The summed E-state index contributed by atoms with van der Waals surface area (Å²) in [6.07, 6.45) is 0.645. The quantitative estimate of drug-likeness (QED) is 0.315. The fourth-order valence-electron chi connectivity index (χ4n) is 5.67. The second kappa shape index (κ2) is 9.67. The van der Waals surface area contributed by atoms with Crippen LogP contribution in [0.4, 0.5) is 5.13 Å². The number of hydrogen-bond donors (Lipinski definition) is 1. The maximum absolute atomic E-state index is 13.1. The number of carbonyl (C=O) groups is 1. The van der Waals surface area contributed by atoms with Crippen LogP contribution in [0.25, 0.3) is 16.3 Å². The van der Waals surface area contributed by atoms with Gasteiger partial charge in [-0.15, -0.1) is 0 Å². The Hall–Kier alpha value is -4.82. The van der Waals surface area contributed by atoms with Gasteiger partial charge in [0.2, 0.25) is 11.0 Å². The predicted octanol–water partition coefficient (Wildman–Crippen LogP) is 5.34. The number of aromatic nitrogens is 1. The number of thiazole rings is 1. The highest BCUT2D eigenvalue weighted by atomic mass is 32.1. The molecular weight excluding hydrogens is 532 g/mol. The molecule has 0 spiro atoms. The standard InChI is InChI=1S/C33H26N4O3S/c1-18-14-19(2)29-25(15-18)28(31(38)34-29)30-32(39)35-33(41-30)37-27(21-10-12-24(40-3)13-11-21)17-26(36-37)23-9-8-20-6-4-5-7-22(20)16-23/h4-16,27,39H,17H2,1-3H3. The molecule has 7 nitrogen and oxygen atoms in total. The Morgan fingerprint density at radius 1 is 0.976 bits per heavy atom. The zero-order chi connectivity index (χ0) is 28.2. The topological polar surface area (TPSA) is 87.4 Å². The molecule has 4 aromatic carbocycles. The highest BCUT2D eigenvalue weighted by Crippen LogP contribution is 2.43. The smallest absolute Gasteiger partial charge is 0.279 e. The molecule has 202 valence electrons. The summed E-state index contributed by atoms with van der Waals surface area (Å²) in [5.74, 6) is 0.207. The third-order valence-corrected chi connectivity index (χ3v) is 8.71. The van der Waals surface area contributed by atoms with Crippen LogP contribution in [0.3, 0.4) is 0 Å². The van der Waals surface area contributed by atoms with Crippen molar-refractivity contribution < 1.29 is 14.6 Å². The van der Waals surface area contributed by atoms with E-state index >= 15 is 0 Å². The number of benzene rings is 4. The van der Waals surface area contributed by atoms with Gasteiger partial charge in [-0.05, 0) is 65.6 Å². The molecule has 0 radical (unpaired) electrons. The molecular formula is C33H26N4O3S. The van der Waals surface area contributed by atoms with Crippen LogP contribution in [-0.4, -0.2) is 28.8 Å². The highest BCUT2D eigenvalue weighted by molar-refractivity contribution is 7.17. The van der Waals surface area contributed by atoms with Gasteiger partial charge >= 0.3 is 0 Å². The minimum Gasteiger partial charge on any atom is -0.497 e. The molecule has 3 heterocycles. The molecule has 2 aliphatic rings. The van der Waals surface area contributed by atoms with Gasteiger partial charge in [0.15, 0.2) is 0 Å². The van der Waals surface area contributed by atoms with Gasteiger partial charge in [0, 0.05) is 11.6 Å². The van der Waals surface area contributed by atoms with Gasteiger partial charge < -0.3 is 9.84 Å². The van der Waals surface area contributed by atoms with E-state index in [1.807, 2.05) is 67.4 Å². The van der Waals surface area contributed by atoms with Gasteiger partial charge in [0.1, 0.15) is 10.6 Å². The van der Waals surface area contributed by atoms with Crippen molar-refractivity contribution in [3.8, 4) is 11.6 Å². The normalized spacial score (nSPS) is 16.2. The van der Waals surface area contributed by atoms with Crippen molar-refractivity contribution in [2.45, 2.75) is 26.3 Å². The maximum Gasteiger partial charge on any atom is 0.279 e. The average molecular weight is 559 g/mol. The Balaban J connectivity index is 1.35. The number of carbonyl (C=O) groups excluding carboxylic acids is 1. The lowest BCUT2D eigenvalue weighted by Crippen LogP contribution is -2.26. The number of anilines is 1. The van der Waals surface area contributed by atoms with Crippen molar-refractivity contribution >= 4 is 44.4 Å². The minimum atomic E-state index is -0.368. The Morgan fingerprint density at radius 2 is 1.76 bits per heavy atom. The van der Waals surface area contributed by atoms with E-state index in [0.717, 1.165) is 44.3 Å². The molecule has 0 fully saturated rings. The number of rotatable bonds is 5. The monoisotopic (exact) mass is 558 g/mol. The largest absolute Gasteiger partial charge is 0.497 e. The van der Waals surface area contributed by atoms with Gasteiger partial charge in [-0.25, -0.2) is 10.0 Å². The molecule has 1 N–H and O–H groups in total. The zero-order valence-electron chi connectivity index (χ0n) is 22.8. The van der Waals surface area contributed by atoms with Crippen LogP contribution in [0.15, 0.2) is 89.0 Å². The molecule has 41 heavy (non-hydrogen) atoms. The molecule has 1 aromatic heterocycles. The second-order valence-corrected chi connectivity index (χ2v) is 11.3. The van der Waals surface area contributed by atoms with E-state index < -0.39 is 0 Å². The first kappa shape index (κ1) is 25.2. The molecule has 0 saturated heterocycles. The molecule has 0 saturated carbocycles. The molecule has 5 aromatic rings. The number of aromatic hydroxyl groups is 1. The zero-order valence-corrected chi connectivity index (χ0v) is 23.6. The summed E-state index contributed by atoms with van der Waals surface area (Å²) >= 11 is 1.25. The Labute approximate surface area is 240 Å². The first-order valence-electron chi connectivity index (χ1n) is 13.3. The lowest BCUT2D eigenvalue weighted by molar-refractivity contribution is -0.112. The van der Waals surface area contributed by atoms with Crippen molar-refractivity contribution in [3.05, 3.63) is 117 Å². The number of ether oxygens (including phenoxy) is 1. The van der Waals surface area contributed by atoms with Gasteiger partial charge in [-0.1, -0.05) is 71.5 Å². The first-order valence-corrected chi connectivity index (χ1v) is 14.2. The van der Waals surface area contributed by atoms with E-state index in [1.165, 1.54) is 16.7 Å². The number of nitrogens with zero attached hydrogens (tertiary/aromatic N) is 4. The fourth-order valence-corrected chi connectivity index (χ4v) is 6.68. The fraction of sp³-hybridized carbons (Fsp3) is 0.152. The molecule has 7 rings (SSSR count). The summed E-state index contributed by atoms with van der Waals surface area (Å²) in [6.45, 7) is 3.93. The minimum absolute atomic E-state index is 0.161. The third-order valence-electron chi connectivity index (χ3n) is 7.66. The Bertz CT molecular complexity index is 2030. The van der Waals surface area contributed by atoms with Crippen molar-refractivity contribution in [2.24, 2.45) is 10.1 Å². The predicted molar refractivity (Wildman–Crippen MR) is 161 cm³/mol. The van der Waals surface area contributed by atoms with E-state index in [-0.39, 0.29) is 17.8 Å². The summed E-state index contributed by atoms with van der Waals surface area (Å²) in [5.41, 5.74) is 5.33. The molecule has 1 amide bonds. The lowest BCUT2D eigenvalue weighted by Gasteiger charge is -2.21. The molecule has 1 unspecified atom stereocenters. The van der Waals surface area contributed by atoms with Gasteiger partial charge in [-0.2, -0.15) is 10.1 Å². The van der Waals surface area contributed by atoms with Gasteiger partial charge in [0.05, 0.1) is 29.8 Å². The number of methoxy groups -OCH3 is 1. The summed E-state index contributed by atoms with van der Waals surface area (Å²) in [6, 6.07) is 26.3. The second-order valence-electron chi connectivity index (χ2n) is 10.4. The van der Waals surface area contributed by atoms with Crippen molar-refractivity contribution in [1.82, 2.24) is 4.98 Å². The average Bonchev–Trinajstić information content (AvgIpc) is 3.67. The number of fused-ring (bicyclic) bond motifs is 2. The van der Waals surface area contributed by atoms with Crippen LogP contribution in [0.2, 0.25) is 0 Å². The van der Waals surface area contributed by atoms with E-state index in [4.69, 9.17) is 9.84 Å². The Morgan fingerprint density at radius 3 is 2.54 bits per heavy atom. The maximum atomic E-state index is 13.1. The molecule has 0 bridgehead atoms. The van der Waals surface area contributed by atoms with Crippen molar-refractivity contribution in [3.63, 3.8) is 0 Å². The summed E-state index contributed by atoms with van der Waals surface area (Å²) in [4.78, 5) is 22.3. The summed E-state index contributed by atoms with van der Waals surface area (Å²) in [5, 5.41) is 22.2. The summed E-state index contributed by atoms with van der Waals surface area (Å²) in [7, 11) is 1.65. The van der Waals surface area contributed by atoms with Crippen LogP contribution in [0.5, 0.6) is 11.6 Å². The molecule has 2 aliphatic heterocycles. The van der Waals surface area contributed by atoms with E-state index in [9.17, 15) is 9.90 Å². The molecule has 8 heteroatoms. The summed E-state index contributed by atoms with van der Waals surface area (Å²) < 4.78 is 5.38. The number of hydrazone groups is 1. The van der Waals surface area contributed by atoms with Crippen molar-refractivity contribution in [1.29, 1.82) is 0 Å². The van der Waals surface area contributed by atoms with Gasteiger partial charge in [0.25, 0.3) is 5.91 Å². The lowest BCUT2D eigenvalue weighted by atomic mass is 9.97. The first-order chi connectivity index (χ1) is 19.9. The van der Waals surface area contributed by atoms with E-state index in [0.29, 0.717) is 27.4 Å². The van der Waals surface area contributed by atoms with Crippen molar-refractivity contribution in [2.75, 3.05) is 12.1 Å². The van der Waals surface area contributed by atoms with Crippen LogP contribution < -0.4 is 20.3 Å². The van der Waals surface area contributed by atoms with E-state index in [1.54, 1.807) is 7.11 Å². The molecule has 1 atom stereocenters. The third kappa shape index (κ3) is 4.28. The van der Waals surface area contributed by atoms with Crippen LogP contribution in [-0.2, 0) is 4.79 Å². The van der Waals surface area contributed by atoms with Crippen LogP contribution in [0, 0.1) is 13.8 Å². The number of hydrogen-bond acceptors (Lipinski definition) is 7. The number of aryl methyl sites for hydroxylation is 2. The molecule has 0 aliphatic carbocycles. The Kier molecular flexibility index (Phi) is 5.94. The highest BCUT2D eigenvalue weighted by Gasteiger charge is 2.34.